The minimum atomic E-state index is -4.70. The van der Waals surface area contributed by atoms with Crippen LogP contribution in [0.3, 0.4) is 0 Å². The first kappa shape index (κ1) is 16.8. The summed E-state index contributed by atoms with van der Waals surface area (Å²) in [6.45, 7) is 0.422. The zero-order valence-corrected chi connectivity index (χ0v) is 14.0. The van der Waals surface area contributed by atoms with Crippen molar-refractivity contribution in [2.45, 2.75) is 24.0 Å². The Morgan fingerprint density at radius 1 is 1.22 bits per heavy atom. The van der Waals surface area contributed by atoms with Crippen molar-refractivity contribution < 1.29 is 21.6 Å². The standard InChI is InChI=1S/C14H11ClF3NO2S2/c15-12-2-1-10(7-11(12)14(16,17)18)23(20,21)19-5-3-13-9(8-19)4-6-22-13/h1-2,4,6-7H,3,5,8H2. The molecule has 0 bridgehead atoms. The third-order valence-electron chi connectivity index (χ3n) is 3.65. The molecule has 0 unspecified atom stereocenters. The van der Waals surface area contributed by atoms with Crippen molar-refractivity contribution >= 4 is 33.0 Å². The van der Waals surface area contributed by atoms with E-state index < -0.39 is 31.7 Å². The Bertz CT molecular complexity index is 846. The lowest BCUT2D eigenvalue weighted by Gasteiger charge is -2.26. The Morgan fingerprint density at radius 2 is 1.96 bits per heavy atom. The first-order valence-electron chi connectivity index (χ1n) is 6.62. The Hall–Kier alpha value is -1.09. The van der Waals surface area contributed by atoms with Crippen LogP contribution in [-0.2, 0) is 29.2 Å². The van der Waals surface area contributed by atoms with E-state index in [0.717, 1.165) is 22.6 Å². The maximum Gasteiger partial charge on any atom is 0.417 e. The highest BCUT2D eigenvalue weighted by Crippen LogP contribution is 2.37. The van der Waals surface area contributed by atoms with E-state index in [0.29, 0.717) is 12.5 Å². The van der Waals surface area contributed by atoms with E-state index in [9.17, 15) is 21.6 Å². The van der Waals surface area contributed by atoms with Crippen LogP contribution in [0.5, 0.6) is 0 Å². The Kier molecular flexibility index (Phi) is 4.20. The number of sulfonamides is 1. The summed E-state index contributed by atoms with van der Waals surface area (Å²) in [5.74, 6) is 0. The van der Waals surface area contributed by atoms with Gasteiger partial charge in [-0.1, -0.05) is 11.6 Å². The molecule has 1 aliphatic rings. The molecule has 0 spiro atoms. The van der Waals surface area contributed by atoms with Gasteiger partial charge in [-0.15, -0.1) is 11.3 Å². The van der Waals surface area contributed by atoms with Crippen molar-refractivity contribution in [3.05, 3.63) is 50.7 Å². The van der Waals surface area contributed by atoms with Crippen LogP contribution >= 0.6 is 22.9 Å². The molecule has 3 rings (SSSR count). The highest BCUT2D eigenvalue weighted by Gasteiger charge is 2.36. The van der Waals surface area contributed by atoms with Crippen molar-refractivity contribution in [1.82, 2.24) is 4.31 Å². The highest BCUT2D eigenvalue weighted by atomic mass is 35.5. The van der Waals surface area contributed by atoms with Gasteiger partial charge in [0.05, 0.1) is 15.5 Å². The molecule has 2 heterocycles. The first-order valence-corrected chi connectivity index (χ1v) is 9.31. The van der Waals surface area contributed by atoms with Gasteiger partial charge in [0.15, 0.2) is 0 Å². The van der Waals surface area contributed by atoms with Crippen LogP contribution in [0.25, 0.3) is 0 Å². The highest BCUT2D eigenvalue weighted by molar-refractivity contribution is 7.89. The molecule has 0 saturated heterocycles. The van der Waals surface area contributed by atoms with E-state index in [2.05, 4.69) is 0 Å². The van der Waals surface area contributed by atoms with Gasteiger partial charge in [-0.05, 0) is 41.6 Å². The number of benzene rings is 1. The van der Waals surface area contributed by atoms with Gasteiger partial charge in [-0.2, -0.15) is 17.5 Å². The van der Waals surface area contributed by atoms with E-state index in [1.807, 2.05) is 11.4 Å². The SMILES string of the molecule is O=S(=O)(c1ccc(Cl)c(C(F)(F)F)c1)N1CCc2sccc2C1. The number of rotatable bonds is 2. The predicted molar refractivity (Wildman–Crippen MR) is 82.1 cm³/mol. The smallest absolute Gasteiger partial charge is 0.207 e. The largest absolute Gasteiger partial charge is 0.417 e. The Labute approximate surface area is 140 Å². The molecule has 0 fully saturated rings. The lowest BCUT2D eigenvalue weighted by Crippen LogP contribution is -2.35. The van der Waals surface area contributed by atoms with Crippen molar-refractivity contribution in [3.63, 3.8) is 0 Å². The molecule has 0 N–H and O–H groups in total. The first-order chi connectivity index (χ1) is 10.7. The maximum atomic E-state index is 12.9. The number of fused-ring (bicyclic) bond motifs is 1. The molecule has 124 valence electrons. The fourth-order valence-corrected chi connectivity index (χ4v) is 5.02. The minimum absolute atomic E-state index is 0.172. The quantitative estimate of drug-likeness (QED) is 0.783. The molecule has 3 nitrogen and oxygen atoms in total. The number of nitrogens with zero attached hydrogens (tertiary/aromatic N) is 1. The second-order valence-corrected chi connectivity index (χ2v) is 8.44. The number of alkyl halides is 3. The summed E-state index contributed by atoms with van der Waals surface area (Å²) in [6.07, 6.45) is -4.14. The average Bonchev–Trinajstić information content (AvgIpc) is 2.93. The molecular weight excluding hydrogens is 371 g/mol. The van der Waals surface area contributed by atoms with Gasteiger partial charge in [0.1, 0.15) is 0 Å². The van der Waals surface area contributed by atoms with Gasteiger partial charge in [0.25, 0.3) is 0 Å². The van der Waals surface area contributed by atoms with E-state index in [-0.39, 0.29) is 13.1 Å². The molecule has 0 amide bonds. The summed E-state index contributed by atoms with van der Waals surface area (Å²) in [7, 11) is -4.00. The molecule has 2 aromatic rings. The third kappa shape index (κ3) is 3.13. The molecule has 0 radical (unpaired) electrons. The van der Waals surface area contributed by atoms with E-state index in [1.165, 1.54) is 4.31 Å². The number of hydrogen-bond acceptors (Lipinski definition) is 3. The van der Waals surface area contributed by atoms with Crippen molar-refractivity contribution in [3.8, 4) is 0 Å². The van der Waals surface area contributed by atoms with Gasteiger partial charge in [-0.25, -0.2) is 8.42 Å². The molecular formula is C14H11ClF3NO2S2. The number of halogens is 4. The normalized spacial score (nSPS) is 16.3. The van der Waals surface area contributed by atoms with Gasteiger partial charge in [0, 0.05) is 18.0 Å². The zero-order chi connectivity index (χ0) is 16.8. The molecule has 0 aliphatic carbocycles. The Morgan fingerprint density at radius 3 is 2.65 bits per heavy atom. The molecule has 1 aromatic carbocycles. The lowest BCUT2D eigenvalue weighted by atomic mass is 10.1. The topological polar surface area (TPSA) is 37.4 Å². The van der Waals surface area contributed by atoms with Crippen LogP contribution in [0.2, 0.25) is 5.02 Å². The molecule has 9 heteroatoms. The van der Waals surface area contributed by atoms with Crippen LogP contribution in [-0.4, -0.2) is 19.3 Å². The summed E-state index contributed by atoms with van der Waals surface area (Å²) in [5, 5.41) is 1.36. The summed E-state index contributed by atoms with van der Waals surface area (Å²) in [5.41, 5.74) is -0.247. The van der Waals surface area contributed by atoms with Gasteiger partial charge >= 0.3 is 6.18 Å². The molecule has 1 aromatic heterocycles. The van der Waals surface area contributed by atoms with Crippen LogP contribution in [0.1, 0.15) is 16.0 Å². The van der Waals surface area contributed by atoms with Crippen LogP contribution in [0.15, 0.2) is 34.5 Å². The van der Waals surface area contributed by atoms with Crippen molar-refractivity contribution in [1.29, 1.82) is 0 Å². The number of thiophene rings is 1. The van der Waals surface area contributed by atoms with Crippen molar-refractivity contribution in [2.24, 2.45) is 0 Å². The summed E-state index contributed by atoms with van der Waals surface area (Å²) in [6, 6.07) is 4.51. The lowest BCUT2D eigenvalue weighted by molar-refractivity contribution is -0.137. The summed E-state index contributed by atoms with van der Waals surface area (Å²) < 4.78 is 65.2. The molecule has 1 aliphatic heterocycles. The maximum absolute atomic E-state index is 12.9. The zero-order valence-electron chi connectivity index (χ0n) is 11.6. The average molecular weight is 382 g/mol. The summed E-state index contributed by atoms with van der Waals surface area (Å²) in [4.78, 5) is 0.719. The fourth-order valence-electron chi connectivity index (χ4n) is 2.46. The third-order valence-corrected chi connectivity index (χ3v) is 6.85. The monoisotopic (exact) mass is 381 g/mol. The van der Waals surface area contributed by atoms with Gasteiger partial charge < -0.3 is 0 Å². The van der Waals surface area contributed by atoms with Crippen LogP contribution in [0, 0.1) is 0 Å². The Balaban J connectivity index is 1.98. The van der Waals surface area contributed by atoms with E-state index in [1.54, 1.807) is 11.3 Å². The van der Waals surface area contributed by atoms with Crippen molar-refractivity contribution in [2.75, 3.05) is 6.54 Å². The molecule has 0 saturated carbocycles. The molecule has 23 heavy (non-hydrogen) atoms. The summed E-state index contributed by atoms with van der Waals surface area (Å²) >= 11 is 7.10. The minimum Gasteiger partial charge on any atom is -0.207 e. The second-order valence-electron chi connectivity index (χ2n) is 5.10. The van der Waals surface area contributed by atoms with Crippen LogP contribution in [0.4, 0.5) is 13.2 Å². The van der Waals surface area contributed by atoms with Crippen LogP contribution < -0.4 is 0 Å². The predicted octanol–water partition coefficient (Wildman–Crippen LogP) is 4.17. The van der Waals surface area contributed by atoms with Gasteiger partial charge in [-0.3, -0.25) is 0 Å². The second kappa shape index (κ2) is 5.77. The van der Waals surface area contributed by atoms with Gasteiger partial charge in [0.2, 0.25) is 10.0 Å². The van der Waals surface area contributed by atoms with E-state index >= 15 is 0 Å². The van der Waals surface area contributed by atoms with E-state index in [4.69, 9.17) is 11.6 Å². The number of hydrogen-bond donors (Lipinski definition) is 0. The fraction of sp³-hybridized carbons (Fsp3) is 0.286. The molecule has 0 atom stereocenters.